The van der Waals surface area contributed by atoms with Crippen LogP contribution in [0, 0.1) is 0 Å². The van der Waals surface area contributed by atoms with E-state index in [1.165, 1.54) is 5.56 Å². The van der Waals surface area contributed by atoms with Gasteiger partial charge in [0, 0.05) is 0 Å². The predicted octanol–water partition coefficient (Wildman–Crippen LogP) is 2.36. The number of rotatable bonds is 2. The van der Waals surface area contributed by atoms with Crippen LogP contribution < -0.4 is 0 Å². The van der Waals surface area contributed by atoms with E-state index in [9.17, 15) is 0 Å². The Kier molecular flexibility index (Phi) is 2.97. The van der Waals surface area contributed by atoms with Gasteiger partial charge in [-0.3, -0.25) is 0 Å². The second-order valence-corrected chi connectivity index (χ2v) is 6.68. The lowest BCUT2D eigenvalue weighted by molar-refractivity contribution is 1.38. The van der Waals surface area contributed by atoms with Gasteiger partial charge in [-0.15, -0.1) is 0 Å². The maximum absolute atomic E-state index is 5.95. The standard InChI is InChI=1S/C8H11ClSi/c1-10(9)7-8-5-3-2-4-6-8/h2-6,10H,7H2,1H3. The molecule has 1 aromatic rings. The van der Waals surface area contributed by atoms with Gasteiger partial charge in [0.1, 0.15) is 8.11 Å². The molecule has 0 nitrogen and oxygen atoms in total. The fourth-order valence-electron chi connectivity index (χ4n) is 0.939. The highest BCUT2D eigenvalue weighted by atomic mass is 35.6. The molecule has 1 rings (SSSR count). The van der Waals surface area contributed by atoms with Crippen LogP contribution >= 0.6 is 11.1 Å². The van der Waals surface area contributed by atoms with Crippen molar-refractivity contribution in [2.24, 2.45) is 0 Å². The normalized spacial score (nSPS) is 13.0. The summed E-state index contributed by atoms with van der Waals surface area (Å²) in [6, 6.07) is 11.5. The van der Waals surface area contributed by atoms with Gasteiger partial charge in [0.05, 0.1) is 0 Å². The van der Waals surface area contributed by atoms with Crippen LogP contribution in [0.2, 0.25) is 6.55 Å². The molecule has 0 aromatic heterocycles. The Bertz CT molecular complexity index is 184. The Morgan fingerprint density at radius 1 is 1.30 bits per heavy atom. The van der Waals surface area contributed by atoms with Crippen LogP contribution in [-0.2, 0) is 6.04 Å². The fourth-order valence-corrected chi connectivity index (χ4v) is 2.40. The lowest BCUT2D eigenvalue weighted by atomic mass is 10.2. The summed E-state index contributed by atoms with van der Waals surface area (Å²) in [7, 11) is -0.925. The number of benzene rings is 1. The number of halogens is 1. The average Bonchev–Trinajstić information content (AvgIpc) is 1.88. The monoisotopic (exact) mass is 170 g/mol. The molecule has 0 bridgehead atoms. The van der Waals surface area contributed by atoms with Gasteiger partial charge >= 0.3 is 0 Å². The zero-order valence-corrected chi connectivity index (χ0v) is 7.96. The second-order valence-electron chi connectivity index (χ2n) is 2.47. The first kappa shape index (κ1) is 7.83. The molecule has 1 unspecified atom stereocenters. The van der Waals surface area contributed by atoms with Gasteiger partial charge < -0.3 is 0 Å². The van der Waals surface area contributed by atoms with Crippen LogP contribution in [0.3, 0.4) is 0 Å². The zero-order valence-electron chi connectivity index (χ0n) is 6.05. The van der Waals surface area contributed by atoms with Crippen molar-refractivity contribution in [3.63, 3.8) is 0 Å². The third-order valence-corrected chi connectivity index (χ3v) is 2.86. The van der Waals surface area contributed by atoms with Crippen molar-refractivity contribution in [1.29, 1.82) is 0 Å². The van der Waals surface area contributed by atoms with Crippen molar-refractivity contribution >= 4 is 19.2 Å². The summed E-state index contributed by atoms with van der Waals surface area (Å²) >= 11 is 5.95. The molecule has 0 aliphatic heterocycles. The van der Waals surface area contributed by atoms with Crippen molar-refractivity contribution in [3.8, 4) is 0 Å². The van der Waals surface area contributed by atoms with E-state index in [1.54, 1.807) is 0 Å². The SMILES string of the molecule is C[SiH](Cl)Cc1ccccc1. The highest BCUT2D eigenvalue weighted by Gasteiger charge is 1.98. The van der Waals surface area contributed by atoms with Gasteiger partial charge in [0.25, 0.3) is 0 Å². The Labute approximate surface area is 68.1 Å². The van der Waals surface area contributed by atoms with Crippen LogP contribution in [0.4, 0.5) is 0 Å². The molecule has 0 N–H and O–H groups in total. The van der Waals surface area contributed by atoms with Gasteiger partial charge in [0.15, 0.2) is 0 Å². The predicted molar refractivity (Wildman–Crippen MR) is 49.0 cm³/mol. The summed E-state index contributed by atoms with van der Waals surface area (Å²) in [6.07, 6.45) is 0. The van der Waals surface area contributed by atoms with Crippen LogP contribution in [0.5, 0.6) is 0 Å². The van der Waals surface area contributed by atoms with E-state index in [0.717, 1.165) is 6.04 Å². The molecule has 54 valence electrons. The van der Waals surface area contributed by atoms with Crippen LogP contribution in [0.1, 0.15) is 5.56 Å². The number of hydrogen-bond donors (Lipinski definition) is 0. The van der Waals surface area contributed by atoms with Gasteiger partial charge in [0.2, 0.25) is 0 Å². The molecule has 0 aliphatic rings. The van der Waals surface area contributed by atoms with Crippen molar-refractivity contribution in [3.05, 3.63) is 35.9 Å². The van der Waals surface area contributed by atoms with E-state index in [-0.39, 0.29) is 0 Å². The summed E-state index contributed by atoms with van der Waals surface area (Å²) in [4.78, 5) is 0. The Hall–Kier alpha value is -0.273. The van der Waals surface area contributed by atoms with Crippen molar-refractivity contribution in [2.75, 3.05) is 0 Å². The van der Waals surface area contributed by atoms with E-state index in [4.69, 9.17) is 11.1 Å². The molecule has 0 aliphatic carbocycles. The molecule has 1 atom stereocenters. The van der Waals surface area contributed by atoms with E-state index in [2.05, 4.69) is 30.8 Å². The molecule has 2 heteroatoms. The summed E-state index contributed by atoms with van der Waals surface area (Å²) in [5.74, 6) is 0. The smallest absolute Gasteiger partial charge is 0.142 e. The summed E-state index contributed by atoms with van der Waals surface area (Å²) in [5, 5.41) is 0. The minimum atomic E-state index is -0.925. The Balaban J connectivity index is 2.59. The Morgan fingerprint density at radius 2 is 1.90 bits per heavy atom. The molecule has 0 heterocycles. The summed E-state index contributed by atoms with van der Waals surface area (Å²) in [6.45, 7) is 2.15. The lowest BCUT2D eigenvalue weighted by Crippen LogP contribution is -2.01. The molecule has 0 amide bonds. The highest BCUT2D eigenvalue weighted by molar-refractivity contribution is 7.05. The molecule has 0 fully saturated rings. The van der Waals surface area contributed by atoms with Crippen molar-refractivity contribution in [1.82, 2.24) is 0 Å². The topological polar surface area (TPSA) is 0 Å². The van der Waals surface area contributed by atoms with Gasteiger partial charge in [-0.1, -0.05) is 36.9 Å². The van der Waals surface area contributed by atoms with Crippen molar-refractivity contribution in [2.45, 2.75) is 12.6 Å². The molecule has 0 spiro atoms. The molecular formula is C8H11ClSi. The maximum atomic E-state index is 5.95. The summed E-state index contributed by atoms with van der Waals surface area (Å²) in [5.41, 5.74) is 1.37. The van der Waals surface area contributed by atoms with Crippen LogP contribution in [0.15, 0.2) is 30.3 Å². The van der Waals surface area contributed by atoms with Gasteiger partial charge in [-0.2, -0.15) is 11.1 Å². The first-order valence-electron chi connectivity index (χ1n) is 3.47. The molecule has 0 saturated heterocycles. The number of hydrogen-bond acceptors (Lipinski definition) is 0. The van der Waals surface area contributed by atoms with Crippen LogP contribution in [0.25, 0.3) is 0 Å². The summed E-state index contributed by atoms with van der Waals surface area (Å²) < 4.78 is 0. The van der Waals surface area contributed by atoms with E-state index in [0.29, 0.717) is 0 Å². The molecular weight excluding hydrogens is 160 g/mol. The van der Waals surface area contributed by atoms with E-state index < -0.39 is 8.11 Å². The second kappa shape index (κ2) is 3.79. The fraction of sp³-hybridized carbons (Fsp3) is 0.250. The Morgan fingerprint density at radius 3 is 2.40 bits per heavy atom. The van der Waals surface area contributed by atoms with Crippen LogP contribution in [-0.4, -0.2) is 8.11 Å². The van der Waals surface area contributed by atoms with Gasteiger partial charge in [-0.25, -0.2) is 0 Å². The molecule has 10 heavy (non-hydrogen) atoms. The van der Waals surface area contributed by atoms with E-state index >= 15 is 0 Å². The minimum absolute atomic E-state index is 0.925. The molecule has 1 aromatic carbocycles. The average molecular weight is 171 g/mol. The lowest BCUT2D eigenvalue weighted by Gasteiger charge is -1.99. The quantitative estimate of drug-likeness (QED) is 0.472. The molecule has 0 saturated carbocycles. The third-order valence-electron chi connectivity index (χ3n) is 1.36. The van der Waals surface area contributed by atoms with Crippen molar-refractivity contribution < 1.29 is 0 Å². The molecule has 0 radical (unpaired) electrons. The van der Waals surface area contributed by atoms with Gasteiger partial charge in [-0.05, 0) is 11.6 Å². The van der Waals surface area contributed by atoms with E-state index in [1.807, 2.05) is 6.07 Å². The first-order valence-corrected chi connectivity index (χ1v) is 7.18. The maximum Gasteiger partial charge on any atom is 0.142 e. The third kappa shape index (κ3) is 2.54. The largest absolute Gasteiger partial charge is 0.172 e. The highest BCUT2D eigenvalue weighted by Crippen LogP contribution is 2.03. The zero-order chi connectivity index (χ0) is 7.40. The first-order chi connectivity index (χ1) is 4.79. The minimum Gasteiger partial charge on any atom is -0.172 e.